The number of hydrogen-bond acceptors (Lipinski definition) is 1. The van der Waals surface area contributed by atoms with E-state index >= 15 is 0 Å². The Morgan fingerprint density at radius 2 is 1.64 bits per heavy atom. The van der Waals surface area contributed by atoms with Gasteiger partial charge in [-0.2, -0.15) is 13.2 Å². The third kappa shape index (κ3) is 9.84. The van der Waals surface area contributed by atoms with E-state index in [1.54, 1.807) is 0 Å². The number of hydrogen-bond donors (Lipinski definition) is 1. The van der Waals surface area contributed by atoms with Crippen molar-refractivity contribution in [3.8, 4) is 0 Å². The normalized spacial score (nSPS) is 14.8. The van der Waals surface area contributed by atoms with Crippen molar-refractivity contribution in [3.05, 3.63) is 0 Å². The fourth-order valence-corrected chi connectivity index (χ4v) is 1.18. The molecule has 1 nitrogen and oxygen atoms in total. The van der Waals surface area contributed by atoms with Crippen molar-refractivity contribution in [2.24, 2.45) is 11.8 Å². The second kappa shape index (κ2) is 6.27. The van der Waals surface area contributed by atoms with Gasteiger partial charge in [0.1, 0.15) is 0 Å². The Morgan fingerprint density at radius 3 is 2.07 bits per heavy atom. The Morgan fingerprint density at radius 1 is 1.07 bits per heavy atom. The molecule has 14 heavy (non-hydrogen) atoms. The maximum atomic E-state index is 11.8. The van der Waals surface area contributed by atoms with E-state index < -0.39 is 12.7 Å². The highest BCUT2D eigenvalue weighted by atomic mass is 19.4. The Bertz CT molecular complexity index is 143. The van der Waals surface area contributed by atoms with Crippen LogP contribution in [0.1, 0.15) is 33.6 Å². The SMILES string of the molecule is CC(C)CCC(C)CNCC(F)(F)F. The van der Waals surface area contributed by atoms with Crippen LogP contribution in [0, 0.1) is 11.8 Å². The molecule has 0 saturated heterocycles. The zero-order chi connectivity index (χ0) is 11.2. The van der Waals surface area contributed by atoms with Gasteiger partial charge in [-0.3, -0.25) is 0 Å². The molecule has 0 heterocycles. The van der Waals surface area contributed by atoms with E-state index in [0.717, 1.165) is 12.8 Å². The molecule has 0 aromatic carbocycles. The highest BCUT2D eigenvalue weighted by Gasteiger charge is 2.26. The molecule has 0 aliphatic heterocycles. The Labute approximate surface area is 84.1 Å². The molecule has 1 atom stereocenters. The molecule has 0 spiro atoms. The second-order valence-electron chi connectivity index (χ2n) is 4.32. The van der Waals surface area contributed by atoms with Gasteiger partial charge >= 0.3 is 6.18 Å². The molecule has 0 radical (unpaired) electrons. The van der Waals surface area contributed by atoms with E-state index in [4.69, 9.17) is 0 Å². The van der Waals surface area contributed by atoms with Crippen LogP contribution in [0.4, 0.5) is 13.2 Å². The first-order valence-electron chi connectivity index (χ1n) is 5.08. The Hall–Kier alpha value is -0.250. The molecule has 0 aromatic heterocycles. The largest absolute Gasteiger partial charge is 0.401 e. The maximum absolute atomic E-state index is 11.8. The zero-order valence-electron chi connectivity index (χ0n) is 9.12. The summed E-state index contributed by atoms with van der Waals surface area (Å²) in [4.78, 5) is 0. The summed E-state index contributed by atoms with van der Waals surface area (Å²) in [7, 11) is 0. The van der Waals surface area contributed by atoms with Crippen LogP contribution in [0.2, 0.25) is 0 Å². The lowest BCUT2D eigenvalue weighted by molar-refractivity contribution is -0.125. The summed E-state index contributed by atoms with van der Waals surface area (Å²) in [5.41, 5.74) is 0. The van der Waals surface area contributed by atoms with Crippen molar-refractivity contribution >= 4 is 0 Å². The number of rotatable bonds is 6. The van der Waals surface area contributed by atoms with Crippen LogP contribution in [0.5, 0.6) is 0 Å². The monoisotopic (exact) mass is 211 g/mol. The van der Waals surface area contributed by atoms with Crippen LogP contribution < -0.4 is 5.32 Å². The van der Waals surface area contributed by atoms with Gasteiger partial charge in [-0.05, 0) is 24.8 Å². The predicted octanol–water partition coefficient (Wildman–Crippen LogP) is 3.21. The van der Waals surface area contributed by atoms with Gasteiger partial charge < -0.3 is 5.32 Å². The molecule has 1 unspecified atom stereocenters. The average molecular weight is 211 g/mol. The van der Waals surface area contributed by atoms with E-state index in [1.165, 1.54) is 0 Å². The van der Waals surface area contributed by atoms with Crippen molar-refractivity contribution in [1.29, 1.82) is 0 Å². The fourth-order valence-electron chi connectivity index (χ4n) is 1.18. The summed E-state index contributed by atoms with van der Waals surface area (Å²) in [5.74, 6) is 0.944. The number of halogens is 3. The smallest absolute Gasteiger partial charge is 0.308 e. The molecule has 0 fully saturated rings. The van der Waals surface area contributed by atoms with Crippen LogP contribution in [0.3, 0.4) is 0 Å². The zero-order valence-corrected chi connectivity index (χ0v) is 9.12. The minimum atomic E-state index is -4.09. The lowest BCUT2D eigenvalue weighted by atomic mass is 9.99. The number of nitrogens with one attached hydrogen (secondary N) is 1. The van der Waals surface area contributed by atoms with Gasteiger partial charge in [-0.25, -0.2) is 0 Å². The Balaban J connectivity index is 3.40. The third-order valence-corrected chi connectivity index (χ3v) is 2.06. The molecule has 0 aliphatic rings. The summed E-state index contributed by atoms with van der Waals surface area (Å²) >= 11 is 0. The molecule has 0 aromatic rings. The van der Waals surface area contributed by atoms with Crippen LogP contribution in [0.25, 0.3) is 0 Å². The molecule has 0 aliphatic carbocycles. The molecule has 0 saturated carbocycles. The summed E-state index contributed by atoms with van der Waals surface area (Å²) < 4.78 is 35.3. The van der Waals surface area contributed by atoms with Gasteiger partial charge in [-0.1, -0.05) is 27.2 Å². The van der Waals surface area contributed by atoms with Gasteiger partial charge in [0.15, 0.2) is 0 Å². The maximum Gasteiger partial charge on any atom is 0.401 e. The first kappa shape index (κ1) is 13.8. The molecule has 0 rings (SSSR count). The molecular formula is C10H20F3N. The van der Waals surface area contributed by atoms with E-state index in [1.807, 2.05) is 6.92 Å². The molecule has 4 heteroatoms. The van der Waals surface area contributed by atoms with E-state index in [9.17, 15) is 13.2 Å². The fraction of sp³-hybridized carbons (Fsp3) is 1.00. The lowest BCUT2D eigenvalue weighted by Gasteiger charge is -2.14. The van der Waals surface area contributed by atoms with Crippen molar-refractivity contribution in [2.45, 2.75) is 39.8 Å². The van der Waals surface area contributed by atoms with Crippen molar-refractivity contribution < 1.29 is 13.2 Å². The first-order valence-corrected chi connectivity index (χ1v) is 5.08. The number of alkyl halides is 3. The second-order valence-corrected chi connectivity index (χ2v) is 4.32. The molecule has 86 valence electrons. The highest BCUT2D eigenvalue weighted by Crippen LogP contribution is 2.14. The summed E-state index contributed by atoms with van der Waals surface area (Å²) in [6.45, 7) is 5.79. The standard InChI is InChI=1S/C10H20F3N/c1-8(2)4-5-9(3)6-14-7-10(11,12)13/h8-9,14H,4-7H2,1-3H3. The van der Waals surface area contributed by atoms with Crippen molar-refractivity contribution in [2.75, 3.05) is 13.1 Å². The summed E-state index contributed by atoms with van der Waals surface area (Å²) in [6.07, 6.45) is -2.02. The third-order valence-electron chi connectivity index (χ3n) is 2.06. The van der Waals surface area contributed by atoms with Crippen molar-refractivity contribution in [3.63, 3.8) is 0 Å². The quantitative estimate of drug-likeness (QED) is 0.711. The molecular weight excluding hydrogens is 191 g/mol. The van der Waals surface area contributed by atoms with Gasteiger partial charge in [0, 0.05) is 0 Å². The average Bonchev–Trinajstić information content (AvgIpc) is 1.98. The van der Waals surface area contributed by atoms with Gasteiger partial charge in [0.2, 0.25) is 0 Å². The highest BCUT2D eigenvalue weighted by molar-refractivity contribution is 4.61. The van der Waals surface area contributed by atoms with Gasteiger partial charge in [0.25, 0.3) is 0 Å². The summed E-state index contributed by atoms with van der Waals surface area (Å²) in [5, 5.41) is 2.42. The van der Waals surface area contributed by atoms with E-state index in [2.05, 4.69) is 19.2 Å². The minimum Gasteiger partial charge on any atom is -0.308 e. The molecule has 0 bridgehead atoms. The minimum absolute atomic E-state index is 0.319. The van der Waals surface area contributed by atoms with Crippen LogP contribution >= 0.6 is 0 Å². The lowest BCUT2D eigenvalue weighted by Crippen LogP contribution is -2.32. The van der Waals surface area contributed by atoms with Crippen molar-refractivity contribution in [1.82, 2.24) is 5.32 Å². The summed E-state index contributed by atoms with van der Waals surface area (Å²) in [6, 6.07) is 0. The van der Waals surface area contributed by atoms with Crippen LogP contribution in [-0.4, -0.2) is 19.3 Å². The predicted molar refractivity (Wildman–Crippen MR) is 52.2 cm³/mol. The topological polar surface area (TPSA) is 12.0 Å². The van der Waals surface area contributed by atoms with Crippen LogP contribution in [-0.2, 0) is 0 Å². The molecule has 0 amide bonds. The van der Waals surface area contributed by atoms with Crippen LogP contribution in [0.15, 0.2) is 0 Å². The van der Waals surface area contributed by atoms with Gasteiger partial charge in [0.05, 0.1) is 6.54 Å². The first-order chi connectivity index (χ1) is 6.31. The van der Waals surface area contributed by atoms with Gasteiger partial charge in [-0.15, -0.1) is 0 Å². The molecule has 1 N–H and O–H groups in total. The Kier molecular flexibility index (Phi) is 6.16. The van der Waals surface area contributed by atoms with E-state index in [0.29, 0.717) is 18.4 Å². The van der Waals surface area contributed by atoms with E-state index in [-0.39, 0.29) is 0 Å².